The Hall–Kier alpha value is 1.44. The summed E-state index contributed by atoms with van der Waals surface area (Å²) in [7, 11) is 0. The highest BCUT2D eigenvalue weighted by Gasteiger charge is 2.51. The van der Waals surface area contributed by atoms with E-state index in [-0.39, 0.29) is 0 Å². The molecule has 2 bridgehead atoms. The highest BCUT2D eigenvalue weighted by atomic mass is 79.9. The molecule has 0 aliphatic heterocycles. The average Bonchev–Trinajstić information content (AvgIpc) is 2.34. The number of alkyl halides is 3. The van der Waals surface area contributed by atoms with Crippen LogP contribution in [-0.4, -0.2) is 14.5 Å². The molecule has 10 heavy (non-hydrogen) atoms. The Bertz CT molecular complexity index is 124. The SMILES string of the molecule is BrC1[C@H]2CC[C@@H]1[C@@H](Br)[C@@H]2Br. The summed E-state index contributed by atoms with van der Waals surface area (Å²) in [4.78, 5) is 2.17. The lowest BCUT2D eigenvalue weighted by molar-refractivity contribution is 0.514. The first-order valence-electron chi connectivity index (χ1n) is 3.64. The van der Waals surface area contributed by atoms with E-state index >= 15 is 0 Å². The molecule has 0 N–H and O–H groups in total. The van der Waals surface area contributed by atoms with Gasteiger partial charge in [-0.2, -0.15) is 0 Å². The second-order valence-corrected chi connectivity index (χ2v) is 6.41. The van der Waals surface area contributed by atoms with Crippen molar-refractivity contribution < 1.29 is 0 Å². The smallest absolute Gasteiger partial charge is 0.0313 e. The third-order valence-electron chi connectivity index (χ3n) is 2.77. The zero-order chi connectivity index (χ0) is 7.30. The second-order valence-electron chi connectivity index (χ2n) is 3.24. The van der Waals surface area contributed by atoms with E-state index in [0.717, 1.165) is 16.7 Å². The summed E-state index contributed by atoms with van der Waals surface area (Å²) in [6.07, 6.45) is 2.80. The third-order valence-corrected chi connectivity index (χ3v) is 7.34. The number of halogens is 3. The normalized spacial score (nSPS) is 59.7. The number of rotatable bonds is 0. The van der Waals surface area contributed by atoms with Crippen molar-refractivity contribution >= 4 is 47.8 Å². The molecule has 2 aliphatic carbocycles. The van der Waals surface area contributed by atoms with Gasteiger partial charge in [0.15, 0.2) is 0 Å². The zero-order valence-electron chi connectivity index (χ0n) is 5.43. The topological polar surface area (TPSA) is 0 Å². The molecule has 2 saturated carbocycles. The standard InChI is InChI=1S/C7H9Br3/c8-5-3-1-2-4(5)7(10)6(3)9/h3-7H,1-2H2/t3-,4+,5?,6-,7-/m1/s1. The average molecular weight is 333 g/mol. The molecule has 58 valence electrons. The summed E-state index contributed by atoms with van der Waals surface area (Å²) in [6, 6.07) is 0. The molecule has 3 heteroatoms. The van der Waals surface area contributed by atoms with Crippen molar-refractivity contribution in [3.05, 3.63) is 0 Å². The molecule has 2 aliphatic rings. The van der Waals surface area contributed by atoms with E-state index in [1.807, 2.05) is 0 Å². The van der Waals surface area contributed by atoms with Gasteiger partial charge in [-0.3, -0.25) is 0 Å². The van der Waals surface area contributed by atoms with Crippen LogP contribution in [0, 0.1) is 11.8 Å². The first-order chi connectivity index (χ1) is 4.72. The lowest BCUT2D eigenvalue weighted by Gasteiger charge is -2.20. The van der Waals surface area contributed by atoms with Crippen LogP contribution in [0.2, 0.25) is 0 Å². The Kier molecular flexibility index (Phi) is 2.20. The molecule has 1 unspecified atom stereocenters. The van der Waals surface area contributed by atoms with Gasteiger partial charge in [-0.15, -0.1) is 0 Å². The molecule has 0 saturated heterocycles. The van der Waals surface area contributed by atoms with Gasteiger partial charge in [-0.25, -0.2) is 0 Å². The van der Waals surface area contributed by atoms with Crippen molar-refractivity contribution in [2.24, 2.45) is 11.8 Å². The fraction of sp³-hybridized carbons (Fsp3) is 1.00. The molecule has 0 radical (unpaired) electrons. The van der Waals surface area contributed by atoms with Crippen molar-refractivity contribution in [2.75, 3.05) is 0 Å². The van der Waals surface area contributed by atoms with E-state index in [4.69, 9.17) is 0 Å². The van der Waals surface area contributed by atoms with E-state index in [2.05, 4.69) is 47.8 Å². The van der Waals surface area contributed by atoms with Gasteiger partial charge in [-0.1, -0.05) is 47.8 Å². The van der Waals surface area contributed by atoms with Gasteiger partial charge in [0.05, 0.1) is 0 Å². The van der Waals surface area contributed by atoms with Crippen LogP contribution < -0.4 is 0 Å². The summed E-state index contributed by atoms with van der Waals surface area (Å²) in [6.45, 7) is 0. The van der Waals surface area contributed by atoms with Crippen molar-refractivity contribution in [2.45, 2.75) is 27.3 Å². The largest absolute Gasteiger partial charge is 0.0884 e. The lowest BCUT2D eigenvalue weighted by Crippen LogP contribution is -2.21. The molecular weight excluding hydrogens is 324 g/mol. The van der Waals surface area contributed by atoms with Gasteiger partial charge in [0.25, 0.3) is 0 Å². The molecule has 0 heterocycles. The van der Waals surface area contributed by atoms with Crippen LogP contribution in [0.3, 0.4) is 0 Å². The Morgan fingerprint density at radius 2 is 1.10 bits per heavy atom. The minimum atomic E-state index is 0.704. The summed E-state index contributed by atoms with van der Waals surface area (Å²) < 4.78 is 0. The van der Waals surface area contributed by atoms with Gasteiger partial charge in [0.1, 0.15) is 0 Å². The zero-order valence-corrected chi connectivity index (χ0v) is 10.2. The van der Waals surface area contributed by atoms with E-state index in [0.29, 0.717) is 9.65 Å². The molecule has 0 aromatic rings. The predicted octanol–water partition coefficient (Wildman–Crippen LogP) is 3.32. The third kappa shape index (κ3) is 0.962. The Labute approximate surface area is 86.5 Å². The lowest BCUT2D eigenvalue weighted by atomic mass is 10.0. The molecule has 2 rings (SSSR count). The number of hydrogen-bond acceptors (Lipinski definition) is 0. The van der Waals surface area contributed by atoms with Crippen molar-refractivity contribution in [1.29, 1.82) is 0 Å². The second kappa shape index (κ2) is 2.74. The van der Waals surface area contributed by atoms with Crippen LogP contribution in [0.25, 0.3) is 0 Å². The predicted molar refractivity (Wildman–Crippen MR) is 54.4 cm³/mol. The van der Waals surface area contributed by atoms with E-state index in [1.54, 1.807) is 0 Å². The maximum atomic E-state index is 3.75. The molecule has 5 atom stereocenters. The Morgan fingerprint density at radius 1 is 0.700 bits per heavy atom. The van der Waals surface area contributed by atoms with Crippen LogP contribution in [0.1, 0.15) is 12.8 Å². The van der Waals surface area contributed by atoms with E-state index in [1.165, 1.54) is 12.8 Å². The van der Waals surface area contributed by atoms with Gasteiger partial charge in [0.2, 0.25) is 0 Å². The van der Waals surface area contributed by atoms with Gasteiger partial charge in [-0.05, 0) is 24.7 Å². The fourth-order valence-electron chi connectivity index (χ4n) is 2.16. The van der Waals surface area contributed by atoms with Crippen LogP contribution in [0.4, 0.5) is 0 Å². The van der Waals surface area contributed by atoms with Crippen LogP contribution in [-0.2, 0) is 0 Å². The van der Waals surface area contributed by atoms with Crippen molar-refractivity contribution in [3.63, 3.8) is 0 Å². The monoisotopic (exact) mass is 330 g/mol. The molecule has 0 amide bonds. The Morgan fingerprint density at radius 3 is 1.30 bits per heavy atom. The maximum Gasteiger partial charge on any atom is 0.0313 e. The summed E-state index contributed by atoms with van der Waals surface area (Å²) >= 11 is 11.2. The molecule has 0 aromatic carbocycles. The minimum Gasteiger partial charge on any atom is -0.0884 e. The van der Waals surface area contributed by atoms with E-state index < -0.39 is 0 Å². The summed E-state index contributed by atoms with van der Waals surface area (Å²) in [5.74, 6) is 1.74. The fourth-order valence-corrected chi connectivity index (χ4v) is 6.14. The molecular formula is C7H9Br3. The van der Waals surface area contributed by atoms with Gasteiger partial charge >= 0.3 is 0 Å². The summed E-state index contributed by atoms with van der Waals surface area (Å²) in [5.41, 5.74) is 0. The highest BCUT2D eigenvalue weighted by Crippen LogP contribution is 2.54. The highest BCUT2D eigenvalue weighted by molar-refractivity contribution is 9.12. The van der Waals surface area contributed by atoms with Crippen LogP contribution >= 0.6 is 47.8 Å². The molecule has 2 fully saturated rings. The van der Waals surface area contributed by atoms with Crippen molar-refractivity contribution in [1.82, 2.24) is 0 Å². The van der Waals surface area contributed by atoms with Gasteiger partial charge in [0, 0.05) is 14.5 Å². The summed E-state index contributed by atoms with van der Waals surface area (Å²) in [5, 5.41) is 0. The van der Waals surface area contributed by atoms with Crippen LogP contribution in [0.5, 0.6) is 0 Å². The number of fused-ring (bicyclic) bond motifs is 2. The first-order valence-corrected chi connectivity index (χ1v) is 6.38. The van der Waals surface area contributed by atoms with Gasteiger partial charge < -0.3 is 0 Å². The van der Waals surface area contributed by atoms with E-state index in [9.17, 15) is 0 Å². The first kappa shape index (κ1) is 8.06. The number of hydrogen-bond donors (Lipinski definition) is 0. The molecule has 0 nitrogen and oxygen atoms in total. The molecule has 0 spiro atoms. The Balaban J connectivity index is 2.21. The minimum absolute atomic E-state index is 0.704. The van der Waals surface area contributed by atoms with Crippen molar-refractivity contribution in [3.8, 4) is 0 Å². The maximum absolute atomic E-state index is 3.75. The van der Waals surface area contributed by atoms with Crippen LogP contribution in [0.15, 0.2) is 0 Å². The quantitative estimate of drug-likeness (QED) is 0.597. The molecule has 0 aromatic heterocycles.